The molecule has 1 aromatic carbocycles. The third-order valence-corrected chi connectivity index (χ3v) is 3.03. The summed E-state index contributed by atoms with van der Waals surface area (Å²) in [6.45, 7) is 6.38. The summed E-state index contributed by atoms with van der Waals surface area (Å²) in [6, 6.07) is 8.25. The predicted octanol–water partition coefficient (Wildman–Crippen LogP) is 2.75. The number of ether oxygens (including phenoxy) is 1. The Morgan fingerprint density at radius 3 is 2.50 bits per heavy atom. The summed E-state index contributed by atoms with van der Waals surface area (Å²) in [5.41, 5.74) is 2.32. The fraction of sp³-hybridized carbons (Fsp3) is 0.571. The lowest BCUT2D eigenvalue weighted by molar-refractivity contribution is 0.0229. The highest BCUT2D eigenvalue weighted by molar-refractivity contribution is 5.31. The average molecular weight is 222 g/mol. The first kappa shape index (κ1) is 13.2. The summed E-state index contributed by atoms with van der Waals surface area (Å²) in [5, 5.41) is 9.24. The van der Waals surface area contributed by atoms with Crippen LogP contribution in [0.25, 0.3) is 0 Å². The van der Waals surface area contributed by atoms with Gasteiger partial charge in [-0.3, -0.25) is 0 Å². The molecule has 0 amide bonds. The first-order valence-corrected chi connectivity index (χ1v) is 5.74. The zero-order chi connectivity index (χ0) is 12.2. The second-order valence-electron chi connectivity index (χ2n) is 4.92. The number of aliphatic hydroxyl groups is 1. The molecule has 1 unspecified atom stereocenters. The Labute approximate surface area is 98.3 Å². The molecule has 0 radical (unpaired) electrons. The van der Waals surface area contributed by atoms with Crippen molar-refractivity contribution in [1.82, 2.24) is 0 Å². The van der Waals surface area contributed by atoms with Crippen molar-refractivity contribution in [3.05, 3.63) is 35.4 Å². The van der Waals surface area contributed by atoms with Crippen molar-refractivity contribution in [3.8, 4) is 0 Å². The molecule has 0 fully saturated rings. The number of aliphatic hydroxyl groups excluding tert-OH is 1. The molecule has 0 heterocycles. The van der Waals surface area contributed by atoms with Gasteiger partial charge in [-0.05, 0) is 25.0 Å². The highest BCUT2D eigenvalue weighted by atomic mass is 16.5. The third kappa shape index (κ3) is 3.32. The van der Waals surface area contributed by atoms with E-state index in [2.05, 4.69) is 26.0 Å². The van der Waals surface area contributed by atoms with E-state index in [9.17, 15) is 5.11 Å². The highest BCUT2D eigenvalue weighted by Gasteiger charge is 2.20. The molecule has 1 aromatic rings. The van der Waals surface area contributed by atoms with Crippen LogP contribution < -0.4 is 0 Å². The van der Waals surface area contributed by atoms with Crippen LogP contribution in [0.4, 0.5) is 0 Å². The topological polar surface area (TPSA) is 29.5 Å². The van der Waals surface area contributed by atoms with E-state index in [1.54, 1.807) is 7.11 Å². The van der Waals surface area contributed by atoms with Crippen molar-refractivity contribution in [3.63, 3.8) is 0 Å². The van der Waals surface area contributed by atoms with Gasteiger partial charge >= 0.3 is 0 Å². The van der Waals surface area contributed by atoms with E-state index < -0.39 is 0 Å². The van der Waals surface area contributed by atoms with Gasteiger partial charge in [0.1, 0.15) is 0 Å². The fourth-order valence-electron chi connectivity index (χ4n) is 1.81. The van der Waals surface area contributed by atoms with Crippen LogP contribution in [0.1, 0.15) is 37.8 Å². The Bertz CT molecular complexity index is 331. The summed E-state index contributed by atoms with van der Waals surface area (Å²) in [5.74, 6) is 0.184. The van der Waals surface area contributed by atoms with Gasteiger partial charge in [0, 0.05) is 26.1 Å². The highest BCUT2D eigenvalue weighted by Crippen LogP contribution is 2.24. The second-order valence-corrected chi connectivity index (χ2v) is 4.92. The third-order valence-electron chi connectivity index (χ3n) is 3.03. The Hall–Kier alpha value is -0.860. The predicted molar refractivity (Wildman–Crippen MR) is 66.7 cm³/mol. The van der Waals surface area contributed by atoms with Crippen molar-refractivity contribution in [2.75, 3.05) is 13.7 Å². The van der Waals surface area contributed by atoms with Crippen LogP contribution in [0.3, 0.4) is 0 Å². The smallest absolute Gasteiger partial charge is 0.0663 e. The molecule has 2 heteroatoms. The maximum atomic E-state index is 9.24. The minimum Gasteiger partial charge on any atom is -0.396 e. The largest absolute Gasteiger partial charge is 0.396 e. The van der Waals surface area contributed by atoms with Gasteiger partial charge in [-0.1, -0.05) is 31.2 Å². The van der Waals surface area contributed by atoms with E-state index >= 15 is 0 Å². The van der Waals surface area contributed by atoms with Gasteiger partial charge in [0.2, 0.25) is 0 Å². The zero-order valence-electron chi connectivity index (χ0n) is 10.7. The van der Waals surface area contributed by atoms with E-state index in [4.69, 9.17) is 4.74 Å². The Kier molecular flexibility index (Phi) is 4.51. The quantitative estimate of drug-likeness (QED) is 0.830. The van der Waals surface area contributed by atoms with Gasteiger partial charge in [0.25, 0.3) is 0 Å². The lowest BCUT2D eigenvalue weighted by Gasteiger charge is -2.25. The molecule has 0 aliphatic carbocycles. The molecule has 0 saturated carbocycles. The maximum Gasteiger partial charge on any atom is 0.0663 e. The summed E-state index contributed by atoms with van der Waals surface area (Å²) in [7, 11) is 1.73. The number of hydrogen-bond acceptors (Lipinski definition) is 2. The molecule has 1 rings (SSSR count). The van der Waals surface area contributed by atoms with Gasteiger partial charge < -0.3 is 9.84 Å². The summed E-state index contributed by atoms with van der Waals surface area (Å²) < 4.78 is 5.45. The van der Waals surface area contributed by atoms with Gasteiger partial charge in [-0.15, -0.1) is 0 Å². The minimum atomic E-state index is -0.161. The number of hydrogen-bond donors (Lipinski definition) is 1. The molecule has 0 aliphatic heterocycles. The molecule has 90 valence electrons. The fourth-order valence-corrected chi connectivity index (χ4v) is 1.81. The van der Waals surface area contributed by atoms with Crippen molar-refractivity contribution < 1.29 is 9.84 Å². The Balaban J connectivity index is 2.95. The SMILES string of the molecule is COC(C)(C)Cc1ccccc1C(C)CO. The lowest BCUT2D eigenvalue weighted by Crippen LogP contribution is -2.26. The summed E-state index contributed by atoms with van der Waals surface area (Å²) in [6.07, 6.45) is 0.865. The Morgan fingerprint density at radius 1 is 1.31 bits per heavy atom. The zero-order valence-corrected chi connectivity index (χ0v) is 10.7. The number of methoxy groups -OCH3 is 1. The van der Waals surface area contributed by atoms with E-state index in [0.717, 1.165) is 6.42 Å². The molecular formula is C14H22O2. The van der Waals surface area contributed by atoms with E-state index in [0.29, 0.717) is 0 Å². The molecule has 0 bridgehead atoms. The van der Waals surface area contributed by atoms with Crippen LogP contribution in [0.5, 0.6) is 0 Å². The van der Waals surface area contributed by atoms with Gasteiger partial charge in [0.15, 0.2) is 0 Å². The van der Waals surface area contributed by atoms with Gasteiger partial charge in [-0.25, -0.2) is 0 Å². The molecule has 0 saturated heterocycles. The first-order valence-electron chi connectivity index (χ1n) is 5.74. The van der Waals surface area contributed by atoms with Crippen molar-refractivity contribution >= 4 is 0 Å². The van der Waals surface area contributed by atoms with E-state index in [-0.39, 0.29) is 18.1 Å². The van der Waals surface area contributed by atoms with E-state index in [1.165, 1.54) is 11.1 Å². The van der Waals surface area contributed by atoms with Crippen molar-refractivity contribution in [2.24, 2.45) is 0 Å². The number of rotatable bonds is 5. The van der Waals surface area contributed by atoms with Crippen LogP contribution in [0.15, 0.2) is 24.3 Å². The first-order chi connectivity index (χ1) is 7.50. The summed E-state index contributed by atoms with van der Waals surface area (Å²) in [4.78, 5) is 0. The van der Waals surface area contributed by atoms with Gasteiger partial charge in [-0.2, -0.15) is 0 Å². The van der Waals surface area contributed by atoms with Gasteiger partial charge in [0.05, 0.1) is 5.60 Å². The molecule has 0 aromatic heterocycles. The standard InChI is InChI=1S/C14H22O2/c1-11(10-15)13-8-6-5-7-12(13)9-14(2,3)16-4/h5-8,11,15H,9-10H2,1-4H3. The second kappa shape index (κ2) is 5.46. The Morgan fingerprint density at radius 2 is 1.94 bits per heavy atom. The lowest BCUT2D eigenvalue weighted by atomic mass is 9.89. The van der Waals surface area contributed by atoms with Crippen molar-refractivity contribution in [2.45, 2.75) is 38.7 Å². The molecule has 2 nitrogen and oxygen atoms in total. The van der Waals surface area contributed by atoms with E-state index in [1.807, 2.05) is 19.1 Å². The molecule has 1 N–H and O–H groups in total. The minimum absolute atomic E-state index is 0.161. The molecule has 16 heavy (non-hydrogen) atoms. The molecule has 1 atom stereocenters. The number of benzene rings is 1. The molecular weight excluding hydrogens is 200 g/mol. The molecule has 0 aliphatic rings. The van der Waals surface area contributed by atoms with Crippen LogP contribution in [-0.2, 0) is 11.2 Å². The average Bonchev–Trinajstić information content (AvgIpc) is 2.28. The summed E-state index contributed by atoms with van der Waals surface area (Å²) >= 11 is 0. The van der Waals surface area contributed by atoms with Crippen LogP contribution in [0, 0.1) is 0 Å². The molecule has 0 spiro atoms. The maximum absolute atomic E-state index is 9.24. The van der Waals surface area contributed by atoms with Crippen LogP contribution >= 0.6 is 0 Å². The normalized spacial score (nSPS) is 13.8. The van der Waals surface area contributed by atoms with Crippen LogP contribution in [-0.4, -0.2) is 24.4 Å². The monoisotopic (exact) mass is 222 g/mol. The van der Waals surface area contributed by atoms with Crippen molar-refractivity contribution in [1.29, 1.82) is 0 Å². The van der Waals surface area contributed by atoms with Crippen LogP contribution in [0.2, 0.25) is 0 Å².